The molecule has 112 valence electrons. The zero-order chi connectivity index (χ0) is 15.3. The highest BCUT2D eigenvalue weighted by Crippen LogP contribution is 2.14. The van der Waals surface area contributed by atoms with Crippen LogP contribution in [0.4, 0.5) is 8.78 Å². The molecule has 20 heavy (non-hydrogen) atoms. The highest BCUT2D eigenvalue weighted by molar-refractivity contribution is 7.90. The Bertz CT molecular complexity index is 559. The second kappa shape index (κ2) is 6.76. The molecule has 1 rings (SSSR count). The van der Waals surface area contributed by atoms with Gasteiger partial charge in [0, 0.05) is 18.2 Å². The summed E-state index contributed by atoms with van der Waals surface area (Å²) < 4.78 is 46.6. The number of sulfone groups is 1. The van der Waals surface area contributed by atoms with E-state index < -0.39 is 21.3 Å². The van der Waals surface area contributed by atoms with Crippen LogP contribution in [0.15, 0.2) is 24.3 Å². The topological polar surface area (TPSA) is 89.3 Å². The minimum atomic E-state index is -4.46. The van der Waals surface area contributed by atoms with Crippen molar-refractivity contribution in [3.8, 4) is 0 Å². The SMILES string of the molecule is C[C@@H](CN)NC(=O)c1ccc(CS(=O)(=O)C(F)F)cc1. The first-order valence-corrected chi connectivity index (χ1v) is 7.57. The molecule has 0 spiro atoms. The lowest BCUT2D eigenvalue weighted by atomic mass is 10.1. The zero-order valence-electron chi connectivity index (χ0n) is 10.8. The van der Waals surface area contributed by atoms with E-state index in [2.05, 4.69) is 5.32 Å². The van der Waals surface area contributed by atoms with Gasteiger partial charge in [0.25, 0.3) is 5.91 Å². The lowest BCUT2D eigenvalue weighted by Crippen LogP contribution is -2.37. The van der Waals surface area contributed by atoms with Gasteiger partial charge in [-0.3, -0.25) is 4.79 Å². The molecular formula is C12H16F2N2O3S. The summed E-state index contributed by atoms with van der Waals surface area (Å²) >= 11 is 0. The summed E-state index contributed by atoms with van der Waals surface area (Å²) in [5.41, 5.74) is 5.88. The van der Waals surface area contributed by atoms with E-state index in [4.69, 9.17) is 5.73 Å². The Morgan fingerprint density at radius 3 is 2.30 bits per heavy atom. The van der Waals surface area contributed by atoms with E-state index >= 15 is 0 Å². The lowest BCUT2D eigenvalue weighted by Gasteiger charge is -2.11. The number of nitrogens with two attached hydrogens (primary N) is 1. The Kier molecular flexibility index (Phi) is 5.58. The van der Waals surface area contributed by atoms with Crippen LogP contribution < -0.4 is 11.1 Å². The van der Waals surface area contributed by atoms with Crippen LogP contribution in [0.5, 0.6) is 0 Å². The summed E-state index contributed by atoms with van der Waals surface area (Å²) in [5.74, 6) is -4.52. The van der Waals surface area contributed by atoms with Crippen molar-refractivity contribution in [2.45, 2.75) is 24.5 Å². The van der Waals surface area contributed by atoms with Gasteiger partial charge in [-0.25, -0.2) is 8.42 Å². The first-order chi connectivity index (χ1) is 9.26. The average Bonchev–Trinajstić information content (AvgIpc) is 2.38. The Morgan fingerprint density at radius 1 is 1.30 bits per heavy atom. The molecule has 1 aromatic rings. The molecule has 0 saturated carbocycles. The summed E-state index contributed by atoms with van der Waals surface area (Å²) in [4.78, 5) is 11.7. The van der Waals surface area contributed by atoms with Crippen LogP contribution in [0.1, 0.15) is 22.8 Å². The zero-order valence-corrected chi connectivity index (χ0v) is 11.7. The summed E-state index contributed by atoms with van der Waals surface area (Å²) in [5, 5.41) is 2.63. The second-order valence-electron chi connectivity index (χ2n) is 4.37. The smallest absolute Gasteiger partial charge is 0.337 e. The first-order valence-electron chi connectivity index (χ1n) is 5.86. The highest BCUT2D eigenvalue weighted by atomic mass is 32.2. The molecule has 1 atom stereocenters. The third kappa shape index (κ3) is 4.53. The fourth-order valence-electron chi connectivity index (χ4n) is 1.41. The maximum atomic E-state index is 12.2. The fraction of sp³-hybridized carbons (Fsp3) is 0.417. The van der Waals surface area contributed by atoms with Gasteiger partial charge in [-0.15, -0.1) is 0 Å². The maximum absolute atomic E-state index is 12.2. The standard InChI is InChI=1S/C12H16F2N2O3S/c1-8(6-15)16-11(17)10-4-2-9(3-5-10)7-20(18,19)12(13)14/h2-5,8,12H,6-7,15H2,1H3,(H,16,17)/t8-/m0/s1. The second-order valence-corrected chi connectivity index (χ2v) is 6.35. The van der Waals surface area contributed by atoms with Crippen molar-refractivity contribution in [2.75, 3.05) is 6.54 Å². The monoisotopic (exact) mass is 306 g/mol. The van der Waals surface area contributed by atoms with Crippen LogP contribution in [-0.4, -0.2) is 32.7 Å². The van der Waals surface area contributed by atoms with Crippen molar-refractivity contribution in [1.82, 2.24) is 5.32 Å². The molecule has 1 aromatic carbocycles. The van der Waals surface area contributed by atoms with Gasteiger partial charge in [0.2, 0.25) is 9.84 Å². The van der Waals surface area contributed by atoms with Crippen molar-refractivity contribution < 1.29 is 22.0 Å². The molecule has 0 aliphatic heterocycles. The number of halogens is 2. The Morgan fingerprint density at radius 2 is 1.85 bits per heavy atom. The van der Waals surface area contributed by atoms with E-state index in [9.17, 15) is 22.0 Å². The summed E-state index contributed by atoms with van der Waals surface area (Å²) in [6, 6.07) is 5.25. The third-order valence-electron chi connectivity index (χ3n) is 2.59. The number of carbonyl (C=O) groups excluding carboxylic acids is 1. The molecule has 5 nitrogen and oxygen atoms in total. The first kappa shape index (κ1) is 16.5. The molecule has 0 aliphatic rings. The molecule has 0 heterocycles. The van der Waals surface area contributed by atoms with Gasteiger partial charge in [-0.1, -0.05) is 12.1 Å². The predicted molar refractivity (Wildman–Crippen MR) is 71.1 cm³/mol. The normalized spacial score (nSPS) is 13.2. The molecule has 3 N–H and O–H groups in total. The van der Waals surface area contributed by atoms with E-state index in [1.807, 2.05) is 0 Å². The van der Waals surface area contributed by atoms with E-state index in [0.29, 0.717) is 5.56 Å². The van der Waals surface area contributed by atoms with Crippen molar-refractivity contribution in [1.29, 1.82) is 0 Å². The Hall–Kier alpha value is -1.54. The molecule has 0 unspecified atom stereocenters. The number of amides is 1. The van der Waals surface area contributed by atoms with Crippen LogP contribution >= 0.6 is 0 Å². The molecule has 0 bridgehead atoms. The molecule has 0 radical (unpaired) electrons. The largest absolute Gasteiger partial charge is 0.348 e. The third-order valence-corrected chi connectivity index (χ3v) is 3.87. The van der Waals surface area contributed by atoms with E-state index in [1.54, 1.807) is 6.92 Å². The number of benzene rings is 1. The lowest BCUT2D eigenvalue weighted by molar-refractivity contribution is 0.0941. The number of alkyl halides is 2. The van der Waals surface area contributed by atoms with Gasteiger partial charge in [0.05, 0.1) is 5.75 Å². The van der Waals surface area contributed by atoms with Crippen LogP contribution in [0.25, 0.3) is 0 Å². The van der Waals surface area contributed by atoms with Crippen molar-refractivity contribution >= 4 is 15.7 Å². The van der Waals surface area contributed by atoms with Crippen LogP contribution in [-0.2, 0) is 15.6 Å². The van der Waals surface area contributed by atoms with Gasteiger partial charge in [0.1, 0.15) is 0 Å². The number of nitrogens with one attached hydrogen (secondary N) is 1. The van der Waals surface area contributed by atoms with Gasteiger partial charge in [-0.05, 0) is 24.6 Å². The minimum Gasteiger partial charge on any atom is -0.348 e. The molecule has 1 amide bonds. The van der Waals surface area contributed by atoms with Crippen LogP contribution in [0.2, 0.25) is 0 Å². The van der Waals surface area contributed by atoms with E-state index in [-0.39, 0.29) is 24.1 Å². The predicted octanol–water partition coefficient (Wildman–Crippen LogP) is 0.901. The average molecular weight is 306 g/mol. The molecule has 8 heteroatoms. The molecule has 0 fully saturated rings. The van der Waals surface area contributed by atoms with Crippen molar-refractivity contribution in [3.05, 3.63) is 35.4 Å². The Labute approximate surface area is 116 Å². The number of hydrogen-bond donors (Lipinski definition) is 2. The summed E-state index contributed by atoms with van der Waals surface area (Å²) in [7, 11) is -4.46. The fourth-order valence-corrected chi connectivity index (χ4v) is 2.20. The molecule has 0 aliphatic carbocycles. The molecular weight excluding hydrogens is 290 g/mol. The highest BCUT2D eigenvalue weighted by Gasteiger charge is 2.24. The molecule has 0 aromatic heterocycles. The van der Waals surface area contributed by atoms with Gasteiger partial charge < -0.3 is 11.1 Å². The van der Waals surface area contributed by atoms with E-state index in [1.165, 1.54) is 24.3 Å². The van der Waals surface area contributed by atoms with Crippen LogP contribution in [0.3, 0.4) is 0 Å². The number of hydrogen-bond acceptors (Lipinski definition) is 4. The maximum Gasteiger partial charge on any atom is 0.337 e. The Balaban J connectivity index is 2.77. The van der Waals surface area contributed by atoms with Crippen LogP contribution in [0, 0.1) is 0 Å². The summed E-state index contributed by atoms with van der Waals surface area (Å²) in [6.45, 7) is 2.03. The minimum absolute atomic E-state index is 0.193. The van der Waals surface area contributed by atoms with Gasteiger partial charge in [-0.2, -0.15) is 8.78 Å². The number of rotatable bonds is 6. The van der Waals surface area contributed by atoms with Gasteiger partial charge in [0.15, 0.2) is 0 Å². The van der Waals surface area contributed by atoms with Gasteiger partial charge >= 0.3 is 5.76 Å². The van der Waals surface area contributed by atoms with Crippen molar-refractivity contribution in [2.24, 2.45) is 5.73 Å². The summed E-state index contributed by atoms with van der Waals surface area (Å²) in [6.07, 6.45) is 0. The van der Waals surface area contributed by atoms with Crippen molar-refractivity contribution in [3.63, 3.8) is 0 Å². The number of carbonyl (C=O) groups is 1. The van der Waals surface area contributed by atoms with E-state index in [0.717, 1.165) is 0 Å². The molecule has 0 saturated heterocycles. The quantitative estimate of drug-likeness (QED) is 0.817.